The third kappa shape index (κ3) is 4.21. The van der Waals surface area contributed by atoms with E-state index >= 15 is 0 Å². The number of H-pyrrole nitrogens is 2. The van der Waals surface area contributed by atoms with E-state index in [1.54, 1.807) is 36.1 Å². The molecule has 1 aliphatic rings. The summed E-state index contributed by atoms with van der Waals surface area (Å²) in [6, 6.07) is 10.1. The molecule has 7 rings (SSSR count). The van der Waals surface area contributed by atoms with Gasteiger partial charge in [-0.05, 0) is 42.5 Å². The molecule has 0 aromatic carbocycles. The summed E-state index contributed by atoms with van der Waals surface area (Å²) >= 11 is 1.67. The normalized spacial score (nSPS) is 15.3. The van der Waals surface area contributed by atoms with Crippen molar-refractivity contribution in [3.8, 4) is 33.2 Å². The third-order valence-electron chi connectivity index (χ3n) is 7.29. The van der Waals surface area contributed by atoms with Crippen LogP contribution in [0.2, 0.25) is 0 Å². The summed E-state index contributed by atoms with van der Waals surface area (Å²) in [7, 11) is 0. The summed E-state index contributed by atoms with van der Waals surface area (Å²) in [5.41, 5.74) is 6.48. The van der Waals surface area contributed by atoms with Crippen LogP contribution in [0.4, 0.5) is 5.69 Å². The maximum absolute atomic E-state index is 10.7. The highest BCUT2D eigenvalue weighted by molar-refractivity contribution is 7.13. The Kier molecular flexibility index (Phi) is 5.82. The lowest BCUT2D eigenvalue weighted by molar-refractivity contribution is 0.109. The number of hydrogen-bond donors (Lipinski definition) is 4. The maximum atomic E-state index is 10.7. The molecule has 1 atom stereocenters. The molecule has 0 aliphatic heterocycles. The fourth-order valence-corrected chi connectivity index (χ4v) is 6.06. The first kappa shape index (κ1) is 23.0. The van der Waals surface area contributed by atoms with E-state index in [-0.39, 0.29) is 5.92 Å². The van der Waals surface area contributed by atoms with Crippen molar-refractivity contribution in [2.24, 2.45) is 5.92 Å². The Morgan fingerprint density at radius 2 is 1.97 bits per heavy atom. The zero-order chi connectivity index (χ0) is 25.5. The van der Waals surface area contributed by atoms with Gasteiger partial charge in [-0.1, -0.05) is 25.3 Å². The third-order valence-corrected chi connectivity index (χ3v) is 8.19. The van der Waals surface area contributed by atoms with Crippen LogP contribution in [0.5, 0.6) is 0 Å². The molecular weight excluding hydrogens is 496 g/mol. The minimum atomic E-state index is -0.580. The Bertz CT molecular complexity index is 1720. The SMILES string of the molecule is OC(Nc1cncc(-c2cc3c(-c4nc5c(-c6cccs6)ccnc5[nH]4)n[nH]c3cn2)c1)C1CCCCC1. The largest absolute Gasteiger partial charge is 0.374 e. The summed E-state index contributed by atoms with van der Waals surface area (Å²) in [5.74, 6) is 0.915. The van der Waals surface area contributed by atoms with E-state index < -0.39 is 6.23 Å². The van der Waals surface area contributed by atoms with E-state index in [0.717, 1.165) is 62.3 Å². The zero-order valence-electron chi connectivity index (χ0n) is 20.6. The van der Waals surface area contributed by atoms with E-state index in [0.29, 0.717) is 11.5 Å². The van der Waals surface area contributed by atoms with Gasteiger partial charge in [0.25, 0.3) is 0 Å². The van der Waals surface area contributed by atoms with E-state index in [1.807, 2.05) is 24.3 Å². The minimum absolute atomic E-state index is 0.272. The molecule has 0 spiro atoms. The summed E-state index contributed by atoms with van der Waals surface area (Å²) in [6.07, 6.45) is 12.2. The van der Waals surface area contributed by atoms with Gasteiger partial charge in [-0.2, -0.15) is 5.10 Å². The predicted octanol–water partition coefficient (Wildman–Crippen LogP) is 6.00. The van der Waals surface area contributed by atoms with Gasteiger partial charge in [0.1, 0.15) is 17.4 Å². The van der Waals surface area contributed by atoms with Gasteiger partial charge in [-0.3, -0.25) is 15.1 Å². The summed E-state index contributed by atoms with van der Waals surface area (Å²) < 4.78 is 0. The lowest BCUT2D eigenvalue weighted by Gasteiger charge is -2.27. The number of rotatable bonds is 6. The highest BCUT2D eigenvalue weighted by atomic mass is 32.1. The molecule has 1 unspecified atom stereocenters. The lowest BCUT2D eigenvalue weighted by atomic mass is 9.88. The van der Waals surface area contributed by atoms with Crippen molar-refractivity contribution in [3.05, 3.63) is 60.5 Å². The van der Waals surface area contributed by atoms with Gasteiger partial charge in [0.05, 0.1) is 29.3 Å². The smallest absolute Gasteiger partial charge is 0.160 e. The number of aliphatic hydroxyl groups excluding tert-OH is 1. The molecule has 6 heterocycles. The molecule has 9 nitrogen and oxygen atoms in total. The lowest BCUT2D eigenvalue weighted by Crippen LogP contribution is -2.30. The Balaban J connectivity index is 1.22. The fraction of sp³-hybridized carbons (Fsp3) is 0.250. The van der Waals surface area contributed by atoms with Gasteiger partial charge in [0.2, 0.25) is 0 Å². The van der Waals surface area contributed by atoms with Gasteiger partial charge >= 0.3 is 0 Å². The van der Waals surface area contributed by atoms with Gasteiger partial charge in [0, 0.05) is 39.7 Å². The van der Waals surface area contributed by atoms with E-state index in [9.17, 15) is 5.11 Å². The molecule has 6 aromatic rings. The Labute approximate surface area is 222 Å². The minimum Gasteiger partial charge on any atom is -0.374 e. The number of aromatic amines is 2. The van der Waals surface area contributed by atoms with Crippen molar-refractivity contribution < 1.29 is 5.11 Å². The highest BCUT2D eigenvalue weighted by Crippen LogP contribution is 2.34. The maximum Gasteiger partial charge on any atom is 0.160 e. The summed E-state index contributed by atoms with van der Waals surface area (Å²) in [5, 5.41) is 24.5. The number of aromatic nitrogens is 7. The number of imidazole rings is 1. The van der Waals surface area contributed by atoms with Crippen molar-refractivity contribution >= 4 is 39.1 Å². The van der Waals surface area contributed by atoms with E-state index in [1.165, 1.54) is 19.3 Å². The van der Waals surface area contributed by atoms with Crippen LogP contribution in [0.3, 0.4) is 0 Å². The van der Waals surface area contributed by atoms with Gasteiger partial charge in [-0.15, -0.1) is 11.3 Å². The molecule has 0 radical (unpaired) electrons. The highest BCUT2D eigenvalue weighted by Gasteiger charge is 2.22. The average molecular weight is 523 g/mol. The molecule has 0 bridgehead atoms. The van der Waals surface area contributed by atoms with Gasteiger partial charge < -0.3 is 15.4 Å². The van der Waals surface area contributed by atoms with E-state index in [4.69, 9.17) is 4.98 Å². The zero-order valence-corrected chi connectivity index (χ0v) is 21.4. The molecule has 10 heteroatoms. The number of nitrogens with one attached hydrogen (secondary N) is 3. The van der Waals surface area contributed by atoms with Crippen LogP contribution in [0, 0.1) is 5.92 Å². The van der Waals surface area contributed by atoms with Crippen LogP contribution in [0.25, 0.3) is 55.3 Å². The van der Waals surface area contributed by atoms with Crippen LogP contribution in [0.15, 0.2) is 60.5 Å². The van der Waals surface area contributed by atoms with Crippen LogP contribution < -0.4 is 5.32 Å². The molecule has 6 aromatic heterocycles. The Hall–Kier alpha value is -4.15. The van der Waals surface area contributed by atoms with Gasteiger partial charge in [0.15, 0.2) is 11.5 Å². The molecule has 38 heavy (non-hydrogen) atoms. The Morgan fingerprint density at radius 1 is 1.05 bits per heavy atom. The van der Waals surface area contributed by atoms with Crippen LogP contribution >= 0.6 is 11.3 Å². The second-order valence-corrected chi connectivity index (χ2v) is 10.7. The molecule has 190 valence electrons. The number of hydrogen-bond acceptors (Lipinski definition) is 8. The molecule has 0 saturated heterocycles. The van der Waals surface area contributed by atoms with Crippen LogP contribution in [-0.2, 0) is 0 Å². The first-order valence-corrected chi connectivity index (χ1v) is 13.7. The first-order chi connectivity index (χ1) is 18.7. The molecular formula is C28H26N8OS. The van der Waals surface area contributed by atoms with Crippen molar-refractivity contribution in [2.45, 2.75) is 38.3 Å². The second-order valence-electron chi connectivity index (χ2n) is 9.76. The van der Waals surface area contributed by atoms with Crippen molar-refractivity contribution in [1.82, 2.24) is 35.1 Å². The quantitative estimate of drug-likeness (QED) is 0.198. The molecule has 1 saturated carbocycles. The number of nitrogens with zero attached hydrogens (tertiary/aromatic N) is 5. The molecule has 1 aliphatic carbocycles. The number of thiophene rings is 1. The summed E-state index contributed by atoms with van der Waals surface area (Å²) in [4.78, 5) is 22.9. The number of fused-ring (bicyclic) bond motifs is 2. The topological polar surface area (TPSA) is 128 Å². The van der Waals surface area contributed by atoms with Crippen molar-refractivity contribution in [3.63, 3.8) is 0 Å². The molecule has 4 N–H and O–H groups in total. The number of anilines is 1. The monoisotopic (exact) mass is 522 g/mol. The standard InChI is InChI=1S/C28H26N8OS/c37-28(16-5-2-1-3-6-16)32-18-11-17(13-29-14-18)21-12-20-22(15-31-21)35-36-25(20)27-33-24-19(23-7-4-10-38-23)8-9-30-26(24)34-27/h4,7-16,28,32,37H,1-3,5-6H2,(H,35,36)(H,30,33,34). The average Bonchev–Trinajstić information content (AvgIpc) is 3.73. The van der Waals surface area contributed by atoms with Crippen LogP contribution in [0.1, 0.15) is 32.1 Å². The van der Waals surface area contributed by atoms with E-state index in [2.05, 4.69) is 46.9 Å². The molecule has 0 amide bonds. The fourth-order valence-electron chi connectivity index (χ4n) is 5.31. The van der Waals surface area contributed by atoms with Crippen molar-refractivity contribution in [1.29, 1.82) is 0 Å². The van der Waals surface area contributed by atoms with Crippen LogP contribution in [-0.4, -0.2) is 46.5 Å². The number of aliphatic hydroxyl groups is 1. The second kappa shape index (κ2) is 9.62. The summed E-state index contributed by atoms with van der Waals surface area (Å²) in [6.45, 7) is 0. The predicted molar refractivity (Wildman–Crippen MR) is 150 cm³/mol. The van der Waals surface area contributed by atoms with Gasteiger partial charge in [-0.25, -0.2) is 9.97 Å². The van der Waals surface area contributed by atoms with Crippen molar-refractivity contribution in [2.75, 3.05) is 5.32 Å². The first-order valence-electron chi connectivity index (χ1n) is 12.9. The molecule has 1 fully saturated rings. The number of pyridine rings is 3. The Morgan fingerprint density at radius 3 is 2.84 bits per heavy atom.